The number of imidazole rings is 1. The fourth-order valence-corrected chi connectivity index (χ4v) is 5.33. The van der Waals surface area contributed by atoms with Crippen LogP contribution in [0.1, 0.15) is 21.6 Å². The third-order valence-corrected chi connectivity index (χ3v) is 7.68. The lowest BCUT2D eigenvalue weighted by Gasteiger charge is -2.34. The minimum Gasteiger partial charge on any atom is -0.497 e. The van der Waals surface area contributed by atoms with Crippen LogP contribution in [-0.2, 0) is 12.7 Å². The van der Waals surface area contributed by atoms with Crippen LogP contribution in [0.15, 0.2) is 97.2 Å². The zero-order valence-electron chi connectivity index (χ0n) is 23.0. The Morgan fingerprint density at radius 2 is 1.48 bits per heavy atom. The highest BCUT2D eigenvalue weighted by atomic mass is 19.4. The highest BCUT2D eigenvalue weighted by Crippen LogP contribution is 2.31. The fraction of sp³-hybridized carbons (Fsp3) is 0.212. The molecule has 1 saturated heterocycles. The molecule has 1 amide bonds. The summed E-state index contributed by atoms with van der Waals surface area (Å²) in [4.78, 5) is 22.0. The van der Waals surface area contributed by atoms with Gasteiger partial charge in [-0.1, -0.05) is 30.3 Å². The molecule has 0 atom stereocenters. The average molecular weight is 571 g/mol. The number of fused-ring (bicyclic) bond motifs is 1. The van der Waals surface area contributed by atoms with E-state index in [-0.39, 0.29) is 11.5 Å². The number of ether oxygens (including phenoxy) is 1. The molecule has 42 heavy (non-hydrogen) atoms. The van der Waals surface area contributed by atoms with Crippen LogP contribution in [0.3, 0.4) is 0 Å². The van der Waals surface area contributed by atoms with Crippen molar-refractivity contribution < 1.29 is 22.7 Å². The van der Waals surface area contributed by atoms with Gasteiger partial charge in [-0.15, -0.1) is 0 Å². The molecule has 0 aliphatic carbocycles. The van der Waals surface area contributed by atoms with Crippen molar-refractivity contribution in [2.75, 3.05) is 33.3 Å². The van der Waals surface area contributed by atoms with Crippen molar-refractivity contribution in [3.8, 4) is 28.1 Å². The summed E-state index contributed by atoms with van der Waals surface area (Å²) in [7, 11) is 1.64. The van der Waals surface area contributed by atoms with Crippen LogP contribution in [0, 0.1) is 0 Å². The quantitative estimate of drug-likeness (QED) is 0.229. The second-order valence-corrected chi connectivity index (χ2v) is 10.3. The summed E-state index contributed by atoms with van der Waals surface area (Å²) in [6.45, 7) is 2.82. The number of benzene rings is 3. The lowest BCUT2D eigenvalue weighted by Crippen LogP contribution is -2.48. The second kappa shape index (κ2) is 11.3. The molecule has 3 aromatic carbocycles. The first kappa shape index (κ1) is 27.5. The Hall–Kier alpha value is -4.63. The number of amides is 1. The number of aromatic nitrogens is 2. The largest absolute Gasteiger partial charge is 0.497 e. The summed E-state index contributed by atoms with van der Waals surface area (Å²) in [6.07, 6.45) is -2.32. The monoisotopic (exact) mass is 570 g/mol. The molecule has 1 aliphatic heterocycles. The Labute approximate surface area is 241 Å². The summed E-state index contributed by atoms with van der Waals surface area (Å²) >= 11 is 0. The smallest absolute Gasteiger partial charge is 0.416 e. The molecule has 0 unspecified atom stereocenters. The van der Waals surface area contributed by atoms with E-state index < -0.39 is 11.7 Å². The van der Waals surface area contributed by atoms with E-state index >= 15 is 0 Å². The molecule has 9 heteroatoms. The normalized spacial score (nSPS) is 14.3. The fourth-order valence-electron chi connectivity index (χ4n) is 5.33. The van der Waals surface area contributed by atoms with Gasteiger partial charge in [0.05, 0.1) is 24.1 Å². The SMILES string of the molecule is COc1ccc(-c2nc3ccc(-c4ccccc4)cn3c2CN2CCN(C(=O)c3ccc(C(F)(F)F)cc3)CC2)cc1. The van der Waals surface area contributed by atoms with Crippen molar-refractivity contribution in [3.05, 3.63) is 114 Å². The molecular formula is C33H29F3N4O2. The van der Waals surface area contributed by atoms with Crippen molar-refractivity contribution in [1.29, 1.82) is 0 Å². The van der Waals surface area contributed by atoms with Gasteiger partial charge in [-0.3, -0.25) is 9.69 Å². The minimum absolute atomic E-state index is 0.258. The van der Waals surface area contributed by atoms with E-state index in [9.17, 15) is 18.0 Å². The van der Waals surface area contributed by atoms with Gasteiger partial charge >= 0.3 is 6.18 Å². The molecular weight excluding hydrogens is 541 g/mol. The molecule has 6 rings (SSSR count). The van der Waals surface area contributed by atoms with Crippen LogP contribution in [-0.4, -0.2) is 58.4 Å². The summed E-state index contributed by atoms with van der Waals surface area (Å²) in [5.74, 6) is 0.508. The Morgan fingerprint density at radius 1 is 0.810 bits per heavy atom. The van der Waals surface area contributed by atoms with E-state index in [0.29, 0.717) is 32.7 Å². The molecule has 6 nitrogen and oxygen atoms in total. The van der Waals surface area contributed by atoms with E-state index in [1.54, 1.807) is 12.0 Å². The van der Waals surface area contributed by atoms with Crippen LogP contribution in [0.5, 0.6) is 5.75 Å². The summed E-state index contributed by atoms with van der Waals surface area (Å²) in [5, 5.41) is 0. The van der Waals surface area contributed by atoms with Gasteiger partial charge < -0.3 is 14.0 Å². The third kappa shape index (κ3) is 5.60. The van der Waals surface area contributed by atoms with E-state index in [0.717, 1.165) is 51.6 Å². The predicted molar refractivity (Wildman–Crippen MR) is 155 cm³/mol. The van der Waals surface area contributed by atoms with Crippen LogP contribution in [0.2, 0.25) is 0 Å². The number of methoxy groups -OCH3 is 1. The first-order chi connectivity index (χ1) is 20.3. The summed E-state index contributed by atoms with van der Waals surface area (Å²) in [5.41, 5.74) is 5.42. The van der Waals surface area contributed by atoms with Gasteiger partial charge in [-0.05, 0) is 71.8 Å². The number of halogens is 3. The molecule has 214 valence electrons. The maximum absolute atomic E-state index is 13.0. The Morgan fingerprint density at radius 3 is 2.12 bits per heavy atom. The van der Waals surface area contributed by atoms with Gasteiger partial charge in [-0.2, -0.15) is 13.2 Å². The minimum atomic E-state index is -4.43. The van der Waals surface area contributed by atoms with E-state index in [1.807, 2.05) is 48.5 Å². The van der Waals surface area contributed by atoms with E-state index in [1.165, 1.54) is 12.1 Å². The molecule has 0 bridgehead atoms. The lowest BCUT2D eigenvalue weighted by molar-refractivity contribution is -0.137. The molecule has 1 fully saturated rings. The standard InChI is InChI=1S/C33H29F3N4O2/c1-42-28-14-9-24(10-15-28)31-29(40-21-26(11-16-30(40)37-31)23-5-3-2-4-6-23)22-38-17-19-39(20-18-38)32(41)25-7-12-27(13-8-25)33(34,35)36/h2-16,21H,17-20,22H2,1H3. The van der Waals surface area contributed by atoms with E-state index in [4.69, 9.17) is 9.72 Å². The number of nitrogens with zero attached hydrogens (tertiary/aromatic N) is 4. The molecule has 5 aromatic rings. The van der Waals surface area contributed by atoms with Gasteiger partial charge in [0.15, 0.2) is 0 Å². The summed E-state index contributed by atoms with van der Waals surface area (Å²) < 4.78 is 46.3. The van der Waals surface area contributed by atoms with E-state index in [2.05, 4.69) is 33.7 Å². The molecule has 0 saturated carbocycles. The van der Waals surface area contributed by atoms with Crippen molar-refractivity contribution in [3.63, 3.8) is 0 Å². The van der Waals surface area contributed by atoms with Gasteiger partial charge in [0, 0.05) is 50.0 Å². The van der Waals surface area contributed by atoms with Crippen molar-refractivity contribution >= 4 is 11.6 Å². The number of alkyl halides is 3. The van der Waals surface area contributed by atoms with Crippen LogP contribution in [0.4, 0.5) is 13.2 Å². The van der Waals surface area contributed by atoms with Crippen molar-refractivity contribution in [2.45, 2.75) is 12.7 Å². The molecule has 3 heterocycles. The van der Waals surface area contributed by atoms with Crippen LogP contribution in [0.25, 0.3) is 28.0 Å². The Bertz CT molecular complexity index is 1690. The van der Waals surface area contributed by atoms with Crippen molar-refractivity contribution in [2.24, 2.45) is 0 Å². The number of hydrogen-bond acceptors (Lipinski definition) is 4. The lowest BCUT2D eigenvalue weighted by atomic mass is 10.1. The van der Waals surface area contributed by atoms with Gasteiger partial charge in [0.25, 0.3) is 5.91 Å². The number of carbonyl (C=O) groups is 1. The maximum atomic E-state index is 13.0. The molecule has 1 aliphatic rings. The number of piperazine rings is 1. The number of carbonyl (C=O) groups excluding carboxylic acids is 1. The number of hydrogen-bond donors (Lipinski definition) is 0. The Kier molecular flexibility index (Phi) is 7.43. The highest BCUT2D eigenvalue weighted by molar-refractivity contribution is 5.94. The molecule has 0 spiro atoms. The predicted octanol–water partition coefficient (Wildman–Crippen LogP) is 6.65. The molecule has 2 aromatic heterocycles. The zero-order valence-corrected chi connectivity index (χ0v) is 23.0. The first-order valence-electron chi connectivity index (χ1n) is 13.7. The van der Waals surface area contributed by atoms with Crippen LogP contribution >= 0.6 is 0 Å². The van der Waals surface area contributed by atoms with Gasteiger partial charge in [0.2, 0.25) is 0 Å². The van der Waals surface area contributed by atoms with Gasteiger partial charge in [0.1, 0.15) is 11.4 Å². The third-order valence-electron chi connectivity index (χ3n) is 7.68. The highest BCUT2D eigenvalue weighted by Gasteiger charge is 2.31. The average Bonchev–Trinajstić information content (AvgIpc) is 3.38. The van der Waals surface area contributed by atoms with Crippen molar-refractivity contribution in [1.82, 2.24) is 19.2 Å². The molecule has 0 radical (unpaired) electrons. The van der Waals surface area contributed by atoms with Crippen LogP contribution < -0.4 is 4.74 Å². The van der Waals surface area contributed by atoms with Gasteiger partial charge in [-0.25, -0.2) is 4.98 Å². The number of pyridine rings is 1. The topological polar surface area (TPSA) is 50.1 Å². The Balaban J connectivity index is 1.25. The second-order valence-electron chi connectivity index (χ2n) is 10.3. The molecule has 0 N–H and O–H groups in total. The number of rotatable bonds is 6. The first-order valence-corrected chi connectivity index (χ1v) is 13.7. The maximum Gasteiger partial charge on any atom is 0.416 e. The summed E-state index contributed by atoms with van der Waals surface area (Å²) in [6, 6.07) is 26.5. The zero-order chi connectivity index (χ0) is 29.3.